The number of hydrogen-bond donors (Lipinski definition) is 0. The van der Waals surface area contributed by atoms with Gasteiger partial charge in [0.2, 0.25) is 5.71 Å². The fourth-order valence-corrected chi connectivity index (χ4v) is 8.05. The van der Waals surface area contributed by atoms with Crippen LogP contribution in [0.2, 0.25) is 19.6 Å². The topological polar surface area (TPSA) is 56.7 Å². The van der Waals surface area contributed by atoms with Gasteiger partial charge >= 0.3 is 6.18 Å². The maximum absolute atomic E-state index is 13.2. The van der Waals surface area contributed by atoms with Crippen molar-refractivity contribution in [2.45, 2.75) is 46.1 Å². The average Bonchev–Trinajstić information content (AvgIpc) is 3.70. The normalized spacial score (nSPS) is 11.9. The summed E-state index contributed by atoms with van der Waals surface area (Å²) in [7, 11) is -1.34. The van der Waals surface area contributed by atoms with Crippen molar-refractivity contribution in [2.24, 2.45) is 5.92 Å². The third-order valence-corrected chi connectivity index (χ3v) is 10.9. The quantitative estimate of drug-likeness (QED) is 0.123. The number of fused-ring (bicyclic) bond motifs is 4. The SMILES string of the molecule is CC(C)Cc1cc(-c2[c-]cccc2)ncc1[Si](C)(C)C.FC(F)(F)c1ccc2c(n1)oc1c(-c3nc4ccccc4n3-c3ccccc3)[c-]ccc12.[Ir]. The van der Waals surface area contributed by atoms with Gasteiger partial charge in [-0.2, -0.15) is 13.2 Å². The van der Waals surface area contributed by atoms with E-state index in [-0.39, 0.29) is 25.8 Å². The Bertz CT molecular complexity index is 2510. The second-order valence-electron chi connectivity index (χ2n) is 14.2. The van der Waals surface area contributed by atoms with Crippen LogP contribution in [0.25, 0.3) is 61.4 Å². The third-order valence-electron chi connectivity index (χ3n) is 8.80. The van der Waals surface area contributed by atoms with Gasteiger partial charge in [0.1, 0.15) is 5.69 Å². The fourth-order valence-electron chi connectivity index (χ4n) is 6.46. The number of nitrogens with zero attached hydrogens (tertiary/aromatic N) is 4. The van der Waals surface area contributed by atoms with Gasteiger partial charge in [0.15, 0.2) is 0 Å². The molecule has 0 amide bonds. The van der Waals surface area contributed by atoms with Crippen molar-refractivity contribution >= 4 is 46.4 Å². The minimum absolute atomic E-state index is 0. The summed E-state index contributed by atoms with van der Waals surface area (Å²) in [5.41, 5.74) is 6.05. The zero-order valence-corrected chi connectivity index (χ0v) is 33.3. The van der Waals surface area contributed by atoms with Crippen LogP contribution < -0.4 is 5.19 Å². The standard InChI is InChI=1S/C25H13F3N3O.C18H24NSi.Ir/c26-25(27,28)21-14-13-17-16-9-6-10-18(22(16)32-24(17)30-21)23-29-19-11-4-5-12-20(19)31(23)15-7-2-1-3-8-15;1-14(2)11-16-12-17(15-9-7-6-8-10-15)19-13-18(16)20(3,4)5;/h1-9,11-14H;6-9,12-14H,11H2,1-5H3;/q2*-1;. The zero-order chi connectivity index (χ0) is 36.6. The molecule has 8 aromatic rings. The van der Waals surface area contributed by atoms with E-state index in [4.69, 9.17) is 9.40 Å². The molecular weight excluding hydrogens is 866 g/mol. The fraction of sp³-hybridized carbons (Fsp3) is 0.186. The first kappa shape index (κ1) is 37.9. The maximum Gasteiger partial charge on any atom is 0.433 e. The number of alkyl halides is 3. The van der Waals surface area contributed by atoms with Gasteiger partial charge in [0.25, 0.3) is 0 Å². The van der Waals surface area contributed by atoms with E-state index in [1.54, 1.807) is 12.1 Å². The Labute approximate surface area is 321 Å². The predicted octanol–water partition coefficient (Wildman–Crippen LogP) is 11.1. The molecule has 0 saturated carbocycles. The Hall–Kier alpha value is -4.89. The van der Waals surface area contributed by atoms with Crippen LogP contribution in [0.1, 0.15) is 25.1 Å². The van der Waals surface area contributed by atoms with Gasteiger partial charge in [-0.3, -0.25) is 4.98 Å². The van der Waals surface area contributed by atoms with E-state index in [1.807, 2.05) is 77.4 Å². The predicted molar refractivity (Wildman–Crippen MR) is 205 cm³/mol. The average molecular weight is 903 g/mol. The number of rotatable bonds is 6. The van der Waals surface area contributed by atoms with Crippen molar-refractivity contribution in [2.75, 3.05) is 0 Å². The first-order valence-electron chi connectivity index (χ1n) is 17.2. The molecule has 0 saturated heterocycles. The number of aromatic nitrogens is 4. The smallest absolute Gasteiger partial charge is 0.433 e. The molecule has 8 rings (SSSR count). The number of pyridine rings is 2. The van der Waals surface area contributed by atoms with Crippen molar-refractivity contribution in [3.05, 3.63) is 139 Å². The van der Waals surface area contributed by atoms with Gasteiger partial charge in [-0.05, 0) is 59.6 Å². The van der Waals surface area contributed by atoms with Gasteiger partial charge < -0.3 is 14.0 Å². The van der Waals surface area contributed by atoms with Crippen LogP contribution in [-0.2, 0) is 32.7 Å². The zero-order valence-electron chi connectivity index (χ0n) is 29.9. The Morgan fingerprint density at radius 1 is 0.811 bits per heavy atom. The molecule has 10 heteroatoms. The molecule has 0 N–H and O–H groups in total. The minimum atomic E-state index is -4.55. The van der Waals surface area contributed by atoms with E-state index < -0.39 is 19.9 Å². The molecule has 53 heavy (non-hydrogen) atoms. The minimum Gasteiger partial charge on any atom is -0.486 e. The van der Waals surface area contributed by atoms with Crippen molar-refractivity contribution < 1.29 is 37.7 Å². The molecule has 0 atom stereocenters. The molecule has 5 nitrogen and oxygen atoms in total. The number of para-hydroxylation sites is 3. The van der Waals surface area contributed by atoms with Gasteiger partial charge in [0, 0.05) is 37.4 Å². The summed E-state index contributed by atoms with van der Waals surface area (Å²) < 4.78 is 47.3. The molecule has 0 fully saturated rings. The molecule has 0 unspecified atom stereocenters. The number of imidazole rings is 1. The largest absolute Gasteiger partial charge is 0.486 e. The summed E-state index contributed by atoms with van der Waals surface area (Å²) >= 11 is 0. The molecule has 0 aliphatic heterocycles. The van der Waals surface area contributed by atoms with Crippen molar-refractivity contribution in [1.29, 1.82) is 0 Å². The first-order valence-corrected chi connectivity index (χ1v) is 20.7. The third kappa shape index (κ3) is 7.91. The van der Waals surface area contributed by atoms with Crippen molar-refractivity contribution in [3.63, 3.8) is 0 Å². The molecular formula is C43H37F3IrN4OSi-2. The van der Waals surface area contributed by atoms with E-state index in [1.165, 1.54) is 16.8 Å². The summed E-state index contributed by atoms with van der Waals surface area (Å²) in [6.07, 6.45) is -1.31. The molecule has 271 valence electrons. The number of hydrogen-bond acceptors (Lipinski definition) is 4. The monoisotopic (exact) mass is 903 g/mol. The van der Waals surface area contributed by atoms with Crippen LogP contribution in [0.3, 0.4) is 0 Å². The molecule has 4 heterocycles. The molecule has 4 aromatic carbocycles. The molecule has 0 aliphatic rings. The number of furan rings is 1. The first-order chi connectivity index (χ1) is 24.9. The maximum atomic E-state index is 13.2. The summed E-state index contributed by atoms with van der Waals surface area (Å²) in [6, 6.07) is 40.1. The molecule has 0 aliphatic carbocycles. The van der Waals surface area contributed by atoms with E-state index in [9.17, 15) is 13.2 Å². The second kappa shape index (κ2) is 15.2. The van der Waals surface area contributed by atoms with Crippen LogP contribution >= 0.6 is 0 Å². The van der Waals surface area contributed by atoms with E-state index in [0.29, 0.717) is 33.7 Å². The van der Waals surface area contributed by atoms with Crippen LogP contribution in [-0.4, -0.2) is 27.6 Å². The molecule has 0 spiro atoms. The van der Waals surface area contributed by atoms with Gasteiger partial charge in [0.05, 0.1) is 30.5 Å². The summed E-state index contributed by atoms with van der Waals surface area (Å²) in [5, 5.41) is 2.65. The van der Waals surface area contributed by atoms with E-state index in [2.05, 4.69) is 73.9 Å². The summed E-state index contributed by atoms with van der Waals surface area (Å²) in [4.78, 5) is 13.2. The summed E-state index contributed by atoms with van der Waals surface area (Å²) in [5.74, 6) is 1.25. The second-order valence-corrected chi connectivity index (χ2v) is 19.2. The van der Waals surface area contributed by atoms with Gasteiger partial charge in [-0.1, -0.05) is 86.4 Å². The van der Waals surface area contributed by atoms with Crippen molar-refractivity contribution in [3.8, 4) is 28.3 Å². The Morgan fingerprint density at radius 2 is 1.55 bits per heavy atom. The Balaban J connectivity index is 0.000000199. The Morgan fingerprint density at radius 3 is 2.25 bits per heavy atom. The van der Waals surface area contributed by atoms with Crippen LogP contribution in [0.15, 0.2) is 120 Å². The van der Waals surface area contributed by atoms with E-state index in [0.717, 1.165) is 40.5 Å². The number of benzene rings is 4. The molecule has 0 bridgehead atoms. The molecule has 4 aromatic heterocycles. The van der Waals surface area contributed by atoms with Crippen LogP contribution in [0.4, 0.5) is 13.2 Å². The van der Waals surface area contributed by atoms with Gasteiger partial charge in [-0.15, -0.1) is 54.1 Å². The van der Waals surface area contributed by atoms with E-state index >= 15 is 0 Å². The number of halogens is 3. The Kier molecular flexibility index (Phi) is 10.9. The summed E-state index contributed by atoms with van der Waals surface area (Å²) in [6.45, 7) is 11.7. The molecule has 1 radical (unpaired) electrons. The van der Waals surface area contributed by atoms with Crippen LogP contribution in [0, 0.1) is 18.1 Å². The van der Waals surface area contributed by atoms with Gasteiger partial charge in [-0.25, -0.2) is 4.98 Å². The van der Waals surface area contributed by atoms with Crippen LogP contribution in [0.5, 0.6) is 0 Å². The van der Waals surface area contributed by atoms with Crippen molar-refractivity contribution in [1.82, 2.24) is 19.5 Å².